The van der Waals surface area contributed by atoms with Crippen LogP contribution in [0.1, 0.15) is 6.92 Å². The van der Waals surface area contributed by atoms with E-state index in [0.29, 0.717) is 11.3 Å². The molecule has 0 spiro atoms. The molecule has 18 nitrogen and oxygen atoms in total. The lowest BCUT2D eigenvalue weighted by molar-refractivity contribution is -0.352. The molecule has 3 saturated heterocycles. The number of rotatable bonds is 9. The summed E-state index contributed by atoms with van der Waals surface area (Å²) in [4.78, 5) is 13.0. The molecule has 1 aromatic heterocycles. The number of phenols is 1. The summed E-state index contributed by atoms with van der Waals surface area (Å²) in [6.45, 7) is 0.420. The summed E-state index contributed by atoms with van der Waals surface area (Å²) in [6.07, 6.45) is -22.1. The first-order valence-electron chi connectivity index (χ1n) is 16.0. The van der Waals surface area contributed by atoms with Crippen LogP contribution >= 0.6 is 0 Å². The minimum Gasteiger partial charge on any atom is -0.507 e. The number of aromatic hydroxyl groups is 1. The van der Waals surface area contributed by atoms with Crippen LogP contribution in [0, 0.1) is 0 Å². The Kier molecular flexibility index (Phi) is 11.2. The Labute approximate surface area is 289 Å². The summed E-state index contributed by atoms with van der Waals surface area (Å²) in [6, 6.07) is 10.2. The number of hydrogen-bond donors (Lipinski definition) is 9. The molecule has 14 atom stereocenters. The molecular weight excluding hydrogens is 684 g/mol. The minimum absolute atomic E-state index is 0.0986. The lowest BCUT2D eigenvalue weighted by Crippen LogP contribution is -2.64. The second-order valence-electron chi connectivity index (χ2n) is 12.5. The van der Waals surface area contributed by atoms with E-state index >= 15 is 0 Å². The van der Waals surface area contributed by atoms with Gasteiger partial charge in [0.15, 0.2) is 24.1 Å². The van der Waals surface area contributed by atoms with Crippen molar-refractivity contribution in [3.05, 3.63) is 52.7 Å². The van der Waals surface area contributed by atoms with Gasteiger partial charge in [0.05, 0.1) is 26.4 Å². The highest BCUT2D eigenvalue weighted by atomic mass is 16.8. The Hall–Kier alpha value is -3.47. The van der Waals surface area contributed by atoms with Crippen molar-refractivity contribution < 1.29 is 83.5 Å². The summed E-state index contributed by atoms with van der Waals surface area (Å²) in [5, 5.41) is 94.0. The normalized spacial score (nSPS) is 37.3. The van der Waals surface area contributed by atoms with Crippen LogP contribution in [0.4, 0.5) is 0 Å². The average molecular weight is 725 g/mol. The van der Waals surface area contributed by atoms with E-state index in [0.717, 1.165) is 6.07 Å². The fourth-order valence-electron chi connectivity index (χ4n) is 6.02. The van der Waals surface area contributed by atoms with Crippen LogP contribution in [0.3, 0.4) is 0 Å². The van der Waals surface area contributed by atoms with Gasteiger partial charge in [-0.05, 0) is 31.2 Å². The summed E-state index contributed by atoms with van der Waals surface area (Å²) in [5.41, 5.74) is -0.148. The van der Waals surface area contributed by atoms with Crippen LogP contribution in [-0.2, 0) is 23.7 Å². The number of aliphatic hydroxyl groups excluding tert-OH is 8. The summed E-state index contributed by atoms with van der Waals surface area (Å²) < 4.78 is 45.1. The van der Waals surface area contributed by atoms with Gasteiger partial charge in [-0.1, -0.05) is 0 Å². The lowest BCUT2D eigenvalue weighted by Gasteiger charge is -2.45. The van der Waals surface area contributed by atoms with E-state index in [1.54, 1.807) is 24.3 Å². The smallest absolute Gasteiger partial charge is 0.229 e. The van der Waals surface area contributed by atoms with Crippen LogP contribution in [0.2, 0.25) is 0 Å². The number of aliphatic hydroxyl groups is 8. The number of methoxy groups -OCH3 is 1. The zero-order valence-corrected chi connectivity index (χ0v) is 27.2. The third kappa shape index (κ3) is 7.55. The van der Waals surface area contributed by atoms with Crippen molar-refractivity contribution in [2.75, 3.05) is 20.3 Å². The molecule has 0 radical (unpaired) electrons. The van der Waals surface area contributed by atoms with Crippen LogP contribution in [-0.4, -0.2) is 152 Å². The molecule has 0 amide bonds. The monoisotopic (exact) mass is 724 g/mol. The van der Waals surface area contributed by atoms with E-state index in [1.165, 1.54) is 26.2 Å². The van der Waals surface area contributed by atoms with Gasteiger partial charge in [-0.15, -0.1) is 0 Å². The van der Waals surface area contributed by atoms with Crippen molar-refractivity contribution in [2.45, 2.75) is 92.9 Å². The van der Waals surface area contributed by atoms with Crippen LogP contribution < -0.4 is 14.9 Å². The van der Waals surface area contributed by atoms with E-state index in [4.69, 9.17) is 37.6 Å². The molecule has 0 saturated carbocycles. The molecule has 9 N–H and O–H groups in total. The largest absolute Gasteiger partial charge is 0.507 e. The van der Waals surface area contributed by atoms with Gasteiger partial charge in [0.2, 0.25) is 6.29 Å². The highest BCUT2D eigenvalue weighted by Gasteiger charge is 2.51. The Morgan fingerprint density at radius 2 is 1.47 bits per heavy atom. The maximum absolute atomic E-state index is 13.0. The molecule has 0 bridgehead atoms. The summed E-state index contributed by atoms with van der Waals surface area (Å²) >= 11 is 0. The highest BCUT2D eigenvalue weighted by molar-refractivity contribution is 5.86. The average Bonchev–Trinajstić information content (AvgIpc) is 3.11. The molecule has 18 heteroatoms. The Bertz CT molecular complexity index is 1700. The highest BCUT2D eigenvalue weighted by Crippen LogP contribution is 2.35. The molecule has 3 aromatic rings. The van der Waals surface area contributed by atoms with Gasteiger partial charge in [0.1, 0.15) is 88.9 Å². The first-order valence-corrected chi connectivity index (χ1v) is 16.0. The van der Waals surface area contributed by atoms with Gasteiger partial charge >= 0.3 is 0 Å². The van der Waals surface area contributed by atoms with E-state index in [-0.39, 0.29) is 22.5 Å². The van der Waals surface area contributed by atoms with Gasteiger partial charge in [-0.25, -0.2) is 0 Å². The topological polar surface area (TPSA) is 277 Å². The van der Waals surface area contributed by atoms with Gasteiger partial charge in [-0.3, -0.25) is 4.79 Å². The quantitative estimate of drug-likeness (QED) is 0.112. The zero-order valence-electron chi connectivity index (χ0n) is 27.2. The Morgan fingerprint density at radius 1 is 0.765 bits per heavy atom. The third-order valence-electron chi connectivity index (χ3n) is 9.03. The number of phenolic OH excluding ortho intramolecular Hbond substituents is 1. The SMILES string of the molecule is COc1ccc(-c2cc(=O)c3c(O)cc(OC4OC(COC5OC(C)C(O)C(O)C5O)C(O)C(O)C4OC4OCC(O)C(O)C4O)cc3o2)cc1. The van der Waals surface area contributed by atoms with Gasteiger partial charge < -0.3 is 83.5 Å². The molecule has 14 unspecified atom stereocenters. The van der Waals surface area contributed by atoms with Gasteiger partial charge in [0.25, 0.3) is 0 Å². The standard InChI is InChI=1S/C33H40O18/c1-12-23(37)26(40)29(43)31(47-12)46-11-21-25(39)27(41)30(51-32-28(42)24(38)18(36)10-45-32)33(50-21)48-15-7-16(34)22-17(35)9-19(49-20(22)8-15)13-3-5-14(44-2)6-4-13/h3-9,12,18,21,23-34,36-43H,10-11H2,1-2H3. The molecule has 0 aliphatic carbocycles. The summed E-state index contributed by atoms with van der Waals surface area (Å²) in [7, 11) is 1.50. The van der Waals surface area contributed by atoms with Crippen molar-refractivity contribution in [3.8, 4) is 28.6 Å². The third-order valence-corrected chi connectivity index (χ3v) is 9.03. The predicted molar refractivity (Wildman–Crippen MR) is 168 cm³/mol. The maximum atomic E-state index is 13.0. The van der Waals surface area contributed by atoms with E-state index in [1.807, 2.05) is 0 Å². The minimum atomic E-state index is -1.87. The van der Waals surface area contributed by atoms with E-state index in [9.17, 15) is 50.8 Å². The fraction of sp³-hybridized carbons (Fsp3) is 0.545. The van der Waals surface area contributed by atoms with E-state index < -0.39 is 110 Å². The fourth-order valence-corrected chi connectivity index (χ4v) is 6.02. The molecule has 3 aliphatic rings. The van der Waals surface area contributed by atoms with Crippen LogP contribution in [0.5, 0.6) is 17.2 Å². The zero-order chi connectivity index (χ0) is 36.7. The molecule has 6 rings (SSSR count). The summed E-state index contributed by atoms with van der Waals surface area (Å²) in [5.74, 6) is 0.0173. The predicted octanol–water partition coefficient (Wildman–Crippen LogP) is -2.33. The molecule has 280 valence electrons. The Morgan fingerprint density at radius 3 is 2.18 bits per heavy atom. The lowest BCUT2D eigenvalue weighted by atomic mass is 9.98. The molecule has 2 aromatic carbocycles. The van der Waals surface area contributed by atoms with Crippen molar-refractivity contribution >= 4 is 11.0 Å². The molecular formula is C33H40O18. The second-order valence-corrected chi connectivity index (χ2v) is 12.5. The van der Waals surface area contributed by atoms with Gasteiger partial charge in [-0.2, -0.15) is 0 Å². The van der Waals surface area contributed by atoms with Crippen LogP contribution in [0.25, 0.3) is 22.3 Å². The first-order chi connectivity index (χ1) is 24.3. The van der Waals surface area contributed by atoms with Gasteiger partial charge in [0, 0.05) is 23.8 Å². The van der Waals surface area contributed by atoms with Crippen molar-refractivity contribution in [3.63, 3.8) is 0 Å². The second kappa shape index (κ2) is 15.2. The van der Waals surface area contributed by atoms with Crippen molar-refractivity contribution in [2.24, 2.45) is 0 Å². The number of benzene rings is 2. The molecule has 51 heavy (non-hydrogen) atoms. The van der Waals surface area contributed by atoms with Crippen molar-refractivity contribution in [1.29, 1.82) is 0 Å². The number of fused-ring (bicyclic) bond motifs is 1. The van der Waals surface area contributed by atoms with Crippen LogP contribution in [0.15, 0.2) is 51.7 Å². The molecule has 3 aliphatic heterocycles. The van der Waals surface area contributed by atoms with Crippen molar-refractivity contribution in [1.82, 2.24) is 0 Å². The van der Waals surface area contributed by atoms with E-state index in [2.05, 4.69) is 0 Å². The number of hydrogen-bond acceptors (Lipinski definition) is 18. The maximum Gasteiger partial charge on any atom is 0.229 e. The molecule has 3 fully saturated rings. The molecule has 4 heterocycles. The Balaban J connectivity index is 1.29. The number of ether oxygens (including phenoxy) is 7. The first kappa shape index (κ1) is 37.3.